The molecule has 0 N–H and O–H groups in total. The molecule has 1 saturated heterocycles. The molecule has 0 unspecified atom stereocenters. The van der Waals surface area contributed by atoms with Gasteiger partial charge in [-0.3, -0.25) is 29.9 Å². The van der Waals surface area contributed by atoms with Gasteiger partial charge in [-0.1, -0.05) is 54.3 Å². The van der Waals surface area contributed by atoms with E-state index in [0.717, 1.165) is 22.0 Å². The molecule has 0 saturated carbocycles. The lowest BCUT2D eigenvalue weighted by molar-refractivity contribution is -0.385. The molecule has 3 aromatic carbocycles. The lowest BCUT2D eigenvalue weighted by Gasteiger charge is -2.13. The van der Waals surface area contributed by atoms with E-state index in [9.17, 15) is 25.0 Å². The zero-order valence-corrected chi connectivity index (χ0v) is 20.1. The monoisotopic (exact) mass is 516 g/mol. The molecule has 0 atom stereocenters. The van der Waals surface area contributed by atoms with E-state index in [1.165, 1.54) is 53.1 Å². The first-order valence-corrected chi connectivity index (χ1v) is 11.9. The van der Waals surface area contributed by atoms with Crippen molar-refractivity contribution in [1.82, 2.24) is 4.57 Å². The quantitative estimate of drug-likeness (QED) is 0.135. The minimum Gasteiger partial charge on any atom is -0.342 e. The summed E-state index contributed by atoms with van der Waals surface area (Å²) < 4.78 is 2.37. The summed E-state index contributed by atoms with van der Waals surface area (Å²) in [6.07, 6.45) is 3.73. The summed E-state index contributed by atoms with van der Waals surface area (Å²) >= 11 is 6.60. The van der Waals surface area contributed by atoms with Crippen molar-refractivity contribution in [3.8, 4) is 0 Å². The van der Waals surface area contributed by atoms with Crippen LogP contribution in [0.25, 0.3) is 17.0 Å². The van der Waals surface area contributed by atoms with Crippen molar-refractivity contribution in [2.75, 3.05) is 4.90 Å². The number of hydrogen-bond donors (Lipinski definition) is 0. The third kappa shape index (κ3) is 4.37. The van der Waals surface area contributed by atoms with Crippen LogP contribution in [-0.2, 0) is 11.3 Å². The van der Waals surface area contributed by atoms with Gasteiger partial charge in [-0.2, -0.15) is 0 Å². The second-order valence-electron chi connectivity index (χ2n) is 7.94. The highest BCUT2D eigenvalue weighted by Gasteiger charge is 2.33. The summed E-state index contributed by atoms with van der Waals surface area (Å²) in [6, 6.07) is 19.9. The number of nitrogens with zero attached hydrogens (tertiary/aromatic N) is 4. The zero-order valence-electron chi connectivity index (χ0n) is 18.4. The summed E-state index contributed by atoms with van der Waals surface area (Å²) in [7, 11) is 0. The summed E-state index contributed by atoms with van der Waals surface area (Å²) in [4.78, 5) is 36.0. The average molecular weight is 517 g/mol. The Balaban J connectivity index is 1.46. The highest BCUT2D eigenvalue weighted by Crippen LogP contribution is 2.37. The molecule has 0 spiro atoms. The van der Waals surface area contributed by atoms with Crippen molar-refractivity contribution in [3.05, 3.63) is 115 Å². The van der Waals surface area contributed by atoms with Crippen molar-refractivity contribution >= 4 is 68.2 Å². The van der Waals surface area contributed by atoms with Crippen molar-refractivity contribution in [1.29, 1.82) is 0 Å². The lowest BCUT2D eigenvalue weighted by atomic mass is 10.1. The summed E-state index contributed by atoms with van der Waals surface area (Å²) in [5.74, 6) is -0.300. The number of amides is 1. The Bertz CT molecular complexity index is 1580. The van der Waals surface area contributed by atoms with Gasteiger partial charge in [0.2, 0.25) is 0 Å². The fourth-order valence-corrected chi connectivity index (χ4v) is 5.29. The van der Waals surface area contributed by atoms with Crippen LogP contribution in [0, 0.1) is 20.2 Å². The van der Waals surface area contributed by atoms with Crippen LogP contribution in [0.15, 0.2) is 83.9 Å². The normalized spacial score (nSPS) is 14.7. The standard InChI is InChI=1S/C25H16N4O5S2/c30-24-23(36-25(35)27(24)18-9-11-20(12-10-18)29(33)34)13-17-15-26(22-4-2-1-3-21(17)22)14-16-5-7-19(8-6-16)28(31)32/h1-13,15H,14H2/b23-13+. The van der Waals surface area contributed by atoms with E-state index < -0.39 is 9.85 Å². The Kier molecular flexibility index (Phi) is 6.08. The molecule has 36 heavy (non-hydrogen) atoms. The van der Waals surface area contributed by atoms with Gasteiger partial charge in [0, 0.05) is 53.5 Å². The molecule has 0 radical (unpaired) electrons. The van der Waals surface area contributed by atoms with Gasteiger partial charge in [-0.15, -0.1) is 0 Å². The average Bonchev–Trinajstić information content (AvgIpc) is 3.35. The molecule has 9 nitrogen and oxygen atoms in total. The predicted molar refractivity (Wildman–Crippen MR) is 143 cm³/mol. The molecule has 178 valence electrons. The fourth-order valence-electron chi connectivity index (χ4n) is 4.00. The molecule has 1 aromatic heterocycles. The largest absolute Gasteiger partial charge is 0.342 e. The van der Waals surface area contributed by atoms with E-state index in [1.54, 1.807) is 18.2 Å². The summed E-state index contributed by atoms with van der Waals surface area (Å²) in [6.45, 7) is 0.496. The molecule has 0 aliphatic carbocycles. The molecule has 5 rings (SSSR count). The van der Waals surface area contributed by atoms with Gasteiger partial charge >= 0.3 is 0 Å². The first-order valence-electron chi connectivity index (χ1n) is 10.7. The Morgan fingerprint density at radius 1 is 0.889 bits per heavy atom. The van der Waals surface area contributed by atoms with Gasteiger partial charge in [0.05, 0.1) is 20.4 Å². The number of aromatic nitrogens is 1. The van der Waals surface area contributed by atoms with E-state index in [4.69, 9.17) is 12.2 Å². The number of nitro benzene ring substituents is 2. The molecule has 1 fully saturated rings. The highest BCUT2D eigenvalue weighted by molar-refractivity contribution is 8.27. The minimum atomic E-state index is -0.500. The smallest absolute Gasteiger partial charge is 0.270 e. The fraction of sp³-hybridized carbons (Fsp3) is 0.0400. The van der Waals surface area contributed by atoms with Crippen LogP contribution >= 0.6 is 24.0 Å². The third-order valence-electron chi connectivity index (χ3n) is 5.72. The first-order chi connectivity index (χ1) is 17.3. The molecule has 1 amide bonds. The number of benzene rings is 3. The number of thioether (sulfide) groups is 1. The van der Waals surface area contributed by atoms with Crippen molar-refractivity contribution in [3.63, 3.8) is 0 Å². The number of thiocarbonyl (C=S) groups is 1. The Morgan fingerprint density at radius 3 is 2.14 bits per heavy atom. The molecule has 1 aliphatic rings. The maximum Gasteiger partial charge on any atom is 0.270 e. The number of carbonyl (C=O) groups is 1. The Hall–Kier alpha value is -4.35. The van der Waals surface area contributed by atoms with Gasteiger partial charge < -0.3 is 4.57 Å². The zero-order chi connectivity index (χ0) is 25.4. The van der Waals surface area contributed by atoms with Gasteiger partial charge in [-0.05, 0) is 29.8 Å². The number of nitro groups is 2. The van der Waals surface area contributed by atoms with E-state index in [-0.39, 0.29) is 17.3 Å². The summed E-state index contributed by atoms with van der Waals surface area (Å²) in [5.41, 5.74) is 3.11. The summed E-state index contributed by atoms with van der Waals surface area (Å²) in [5, 5.41) is 22.8. The van der Waals surface area contributed by atoms with Crippen molar-refractivity contribution < 1.29 is 14.6 Å². The van der Waals surface area contributed by atoms with Crippen LogP contribution in [0.3, 0.4) is 0 Å². The molecule has 11 heteroatoms. The first kappa shape index (κ1) is 23.4. The van der Waals surface area contributed by atoms with Gasteiger partial charge in [-0.25, -0.2) is 0 Å². The number of hydrogen-bond acceptors (Lipinski definition) is 7. The van der Waals surface area contributed by atoms with Gasteiger partial charge in [0.15, 0.2) is 4.32 Å². The van der Waals surface area contributed by atoms with Gasteiger partial charge in [0.25, 0.3) is 17.3 Å². The van der Waals surface area contributed by atoms with Crippen molar-refractivity contribution in [2.24, 2.45) is 0 Å². The number of non-ortho nitro benzene ring substituents is 2. The van der Waals surface area contributed by atoms with E-state index in [2.05, 4.69) is 0 Å². The molecular weight excluding hydrogens is 500 g/mol. The molecule has 4 aromatic rings. The maximum absolute atomic E-state index is 13.2. The molecule has 1 aliphatic heterocycles. The van der Waals surface area contributed by atoms with Crippen LogP contribution in [0.2, 0.25) is 0 Å². The molecule has 2 heterocycles. The van der Waals surface area contributed by atoms with E-state index in [0.29, 0.717) is 21.5 Å². The van der Waals surface area contributed by atoms with Crippen LogP contribution in [0.5, 0.6) is 0 Å². The number of carbonyl (C=O) groups excluding carboxylic acids is 1. The second-order valence-corrected chi connectivity index (χ2v) is 9.62. The predicted octanol–water partition coefficient (Wildman–Crippen LogP) is 5.91. The third-order valence-corrected chi connectivity index (χ3v) is 7.02. The van der Waals surface area contributed by atoms with E-state index in [1.807, 2.05) is 35.0 Å². The maximum atomic E-state index is 13.2. The molecular formula is C25H16N4O5S2. The Morgan fingerprint density at radius 2 is 1.50 bits per heavy atom. The number of fused-ring (bicyclic) bond motifs is 1. The number of anilines is 1. The number of para-hydroxylation sites is 1. The van der Waals surface area contributed by atoms with E-state index >= 15 is 0 Å². The van der Waals surface area contributed by atoms with Crippen LogP contribution in [0.1, 0.15) is 11.1 Å². The minimum absolute atomic E-state index is 0.0341. The van der Waals surface area contributed by atoms with Crippen molar-refractivity contribution in [2.45, 2.75) is 6.54 Å². The lowest BCUT2D eigenvalue weighted by Crippen LogP contribution is -2.27. The highest BCUT2D eigenvalue weighted by atomic mass is 32.2. The van der Waals surface area contributed by atoms with Crippen LogP contribution < -0.4 is 4.90 Å². The molecule has 0 bridgehead atoms. The van der Waals surface area contributed by atoms with Gasteiger partial charge in [0.1, 0.15) is 0 Å². The Labute approximate surface area is 213 Å². The SMILES string of the molecule is O=C1/C(=C\c2cn(Cc3ccc([N+](=O)[O-])cc3)c3ccccc23)SC(=S)N1c1ccc([N+](=O)[O-])cc1. The topological polar surface area (TPSA) is 112 Å². The van der Waals surface area contributed by atoms with Crippen LogP contribution in [-0.4, -0.2) is 24.6 Å². The van der Waals surface area contributed by atoms with Crippen LogP contribution in [0.4, 0.5) is 17.1 Å². The number of rotatable bonds is 6. The second kappa shape index (κ2) is 9.36.